The molecule has 146 valence electrons. The van der Waals surface area contributed by atoms with Crippen molar-refractivity contribution >= 4 is 10.1 Å². The molecule has 0 aliphatic carbocycles. The van der Waals surface area contributed by atoms with Crippen LogP contribution in [0.2, 0.25) is 0 Å². The Hall–Kier alpha value is -1.07. The van der Waals surface area contributed by atoms with E-state index >= 15 is 0 Å². The SMILES string of the molecule is CO[C@@H]1O[C@H](COS(=O)(=O)c2ccc(C)cc2)[C@@H]2OC(C)(C)O[C@@H]2[C@H]1O. The van der Waals surface area contributed by atoms with Gasteiger partial charge in [-0.2, -0.15) is 8.42 Å². The highest BCUT2D eigenvalue weighted by atomic mass is 32.2. The van der Waals surface area contributed by atoms with Gasteiger partial charge in [0.1, 0.15) is 24.4 Å². The third-order valence-electron chi connectivity index (χ3n) is 4.38. The van der Waals surface area contributed by atoms with Crippen LogP contribution in [0, 0.1) is 6.92 Å². The minimum absolute atomic E-state index is 0.0581. The van der Waals surface area contributed by atoms with Gasteiger partial charge in [-0.25, -0.2) is 0 Å². The molecule has 2 aliphatic heterocycles. The molecule has 8 nitrogen and oxygen atoms in total. The predicted octanol–water partition coefficient (Wildman–Crippen LogP) is 0.953. The van der Waals surface area contributed by atoms with Gasteiger partial charge in [0.25, 0.3) is 10.1 Å². The number of methoxy groups -OCH3 is 1. The largest absolute Gasteiger partial charge is 0.385 e. The third-order valence-corrected chi connectivity index (χ3v) is 5.68. The number of ether oxygens (including phenoxy) is 4. The van der Waals surface area contributed by atoms with E-state index in [9.17, 15) is 13.5 Å². The summed E-state index contributed by atoms with van der Waals surface area (Å²) in [6, 6.07) is 6.35. The molecule has 0 aromatic heterocycles. The predicted molar refractivity (Wildman–Crippen MR) is 89.8 cm³/mol. The van der Waals surface area contributed by atoms with E-state index in [1.807, 2.05) is 6.92 Å². The average molecular weight is 388 g/mol. The molecule has 1 aromatic rings. The maximum absolute atomic E-state index is 12.4. The Bertz CT molecular complexity index is 730. The van der Waals surface area contributed by atoms with Gasteiger partial charge in [-0.1, -0.05) is 17.7 Å². The van der Waals surface area contributed by atoms with Gasteiger partial charge in [-0.3, -0.25) is 4.18 Å². The van der Waals surface area contributed by atoms with Crippen LogP contribution in [0.1, 0.15) is 19.4 Å². The van der Waals surface area contributed by atoms with E-state index < -0.39 is 46.6 Å². The van der Waals surface area contributed by atoms with Crippen LogP contribution in [0.25, 0.3) is 0 Å². The monoisotopic (exact) mass is 388 g/mol. The number of hydrogen-bond acceptors (Lipinski definition) is 8. The maximum atomic E-state index is 12.4. The number of aliphatic hydroxyl groups excluding tert-OH is 1. The summed E-state index contributed by atoms with van der Waals surface area (Å²) in [6.07, 6.45) is -4.20. The lowest BCUT2D eigenvalue weighted by Crippen LogP contribution is -2.58. The molecular formula is C17H24O8S. The van der Waals surface area contributed by atoms with Crippen LogP contribution in [0.5, 0.6) is 0 Å². The number of aliphatic hydroxyl groups is 1. The maximum Gasteiger partial charge on any atom is 0.297 e. The van der Waals surface area contributed by atoms with Crippen molar-refractivity contribution in [1.29, 1.82) is 0 Å². The van der Waals surface area contributed by atoms with Crippen molar-refractivity contribution in [2.24, 2.45) is 0 Å². The molecule has 0 radical (unpaired) electrons. The van der Waals surface area contributed by atoms with Crippen LogP contribution >= 0.6 is 0 Å². The van der Waals surface area contributed by atoms with Crippen molar-refractivity contribution in [3.63, 3.8) is 0 Å². The van der Waals surface area contributed by atoms with E-state index in [-0.39, 0.29) is 11.5 Å². The van der Waals surface area contributed by atoms with Crippen LogP contribution in [0.15, 0.2) is 29.2 Å². The van der Waals surface area contributed by atoms with Crippen molar-refractivity contribution in [3.8, 4) is 0 Å². The molecule has 2 aliphatic rings. The van der Waals surface area contributed by atoms with Gasteiger partial charge in [-0.15, -0.1) is 0 Å². The molecule has 0 amide bonds. The van der Waals surface area contributed by atoms with E-state index in [0.29, 0.717) is 0 Å². The molecule has 3 rings (SSSR count). The van der Waals surface area contributed by atoms with Gasteiger partial charge in [0.2, 0.25) is 0 Å². The zero-order valence-corrected chi connectivity index (χ0v) is 15.9. The summed E-state index contributed by atoms with van der Waals surface area (Å²) < 4.78 is 52.2. The molecule has 0 unspecified atom stereocenters. The van der Waals surface area contributed by atoms with Crippen LogP contribution in [-0.4, -0.2) is 63.7 Å². The van der Waals surface area contributed by atoms with Crippen molar-refractivity contribution in [1.82, 2.24) is 0 Å². The van der Waals surface area contributed by atoms with Crippen molar-refractivity contribution in [2.45, 2.75) is 62.2 Å². The molecule has 2 fully saturated rings. The van der Waals surface area contributed by atoms with E-state index in [4.69, 9.17) is 23.1 Å². The summed E-state index contributed by atoms with van der Waals surface area (Å²) in [7, 11) is -2.57. The highest BCUT2D eigenvalue weighted by Crippen LogP contribution is 2.37. The third kappa shape index (κ3) is 3.94. The van der Waals surface area contributed by atoms with Crippen LogP contribution in [-0.2, 0) is 33.2 Å². The summed E-state index contributed by atoms with van der Waals surface area (Å²) in [6.45, 7) is 4.99. The summed E-state index contributed by atoms with van der Waals surface area (Å²) in [5.41, 5.74) is 0.943. The Morgan fingerprint density at radius 3 is 2.38 bits per heavy atom. The molecule has 0 spiro atoms. The summed E-state index contributed by atoms with van der Waals surface area (Å²) in [5, 5.41) is 10.3. The molecule has 26 heavy (non-hydrogen) atoms. The fourth-order valence-corrected chi connectivity index (χ4v) is 4.03. The van der Waals surface area contributed by atoms with Gasteiger partial charge in [0, 0.05) is 7.11 Å². The van der Waals surface area contributed by atoms with Crippen LogP contribution in [0.3, 0.4) is 0 Å². The molecule has 0 bridgehead atoms. The van der Waals surface area contributed by atoms with E-state index in [0.717, 1.165) is 5.56 Å². The normalized spacial score (nSPS) is 33.8. The minimum atomic E-state index is -3.95. The first-order valence-electron chi connectivity index (χ1n) is 8.31. The summed E-state index contributed by atoms with van der Waals surface area (Å²) >= 11 is 0. The number of aryl methyl sites for hydroxylation is 1. The Morgan fingerprint density at radius 2 is 1.77 bits per heavy atom. The highest BCUT2D eigenvalue weighted by molar-refractivity contribution is 7.86. The standard InChI is InChI=1S/C17H24O8S/c1-10-5-7-11(8-6-10)26(19,20)22-9-12-14-15(25-17(2,3)24-14)13(18)16(21-4)23-12/h5-8,12-16,18H,9H2,1-4H3/t12-,13-,14+,15-,16-/m1/s1. The molecule has 1 aromatic carbocycles. The van der Waals surface area contributed by atoms with Gasteiger partial charge in [-0.05, 0) is 32.9 Å². The molecule has 2 saturated heterocycles. The van der Waals surface area contributed by atoms with Crippen LogP contribution < -0.4 is 0 Å². The first-order valence-corrected chi connectivity index (χ1v) is 9.72. The molecular weight excluding hydrogens is 364 g/mol. The minimum Gasteiger partial charge on any atom is -0.385 e. The molecule has 9 heteroatoms. The fourth-order valence-electron chi connectivity index (χ4n) is 3.11. The first-order chi connectivity index (χ1) is 12.1. The first kappa shape index (κ1) is 19.7. The fraction of sp³-hybridized carbons (Fsp3) is 0.647. The quantitative estimate of drug-likeness (QED) is 0.745. The zero-order valence-electron chi connectivity index (χ0n) is 15.1. The lowest BCUT2D eigenvalue weighted by atomic mass is 9.99. The highest BCUT2D eigenvalue weighted by Gasteiger charge is 2.55. The Kier molecular flexibility index (Phi) is 5.42. The van der Waals surface area contributed by atoms with E-state index in [1.165, 1.54) is 19.2 Å². The molecule has 2 heterocycles. The Labute approximate surface area is 153 Å². The Morgan fingerprint density at radius 1 is 1.15 bits per heavy atom. The summed E-state index contributed by atoms with van der Waals surface area (Å²) in [4.78, 5) is 0.0581. The smallest absolute Gasteiger partial charge is 0.297 e. The Balaban J connectivity index is 1.74. The summed E-state index contributed by atoms with van der Waals surface area (Å²) in [5.74, 6) is -0.934. The second-order valence-corrected chi connectivity index (χ2v) is 8.50. The number of hydrogen-bond donors (Lipinski definition) is 1. The average Bonchev–Trinajstić information content (AvgIpc) is 2.91. The lowest BCUT2D eigenvalue weighted by Gasteiger charge is -2.38. The topological polar surface area (TPSA) is 101 Å². The number of rotatable bonds is 5. The van der Waals surface area contributed by atoms with E-state index in [2.05, 4.69) is 0 Å². The van der Waals surface area contributed by atoms with Crippen LogP contribution in [0.4, 0.5) is 0 Å². The number of fused-ring (bicyclic) bond motifs is 1. The van der Waals surface area contributed by atoms with Crippen molar-refractivity contribution in [3.05, 3.63) is 29.8 Å². The van der Waals surface area contributed by atoms with Gasteiger partial charge in [0.15, 0.2) is 12.1 Å². The molecule has 0 saturated carbocycles. The van der Waals surface area contributed by atoms with Crippen molar-refractivity contribution < 1.29 is 36.7 Å². The molecule has 1 N–H and O–H groups in total. The zero-order chi connectivity index (χ0) is 19.1. The lowest BCUT2D eigenvalue weighted by molar-refractivity contribution is -0.272. The van der Waals surface area contributed by atoms with Gasteiger partial charge < -0.3 is 24.1 Å². The van der Waals surface area contributed by atoms with Gasteiger partial charge in [0.05, 0.1) is 11.5 Å². The second-order valence-electron chi connectivity index (χ2n) is 6.89. The van der Waals surface area contributed by atoms with E-state index in [1.54, 1.807) is 26.0 Å². The molecule has 5 atom stereocenters. The van der Waals surface area contributed by atoms with Crippen molar-refractivity contribution in [2.75, 3.05) is 13.7 Å². The number of benzene rings is 1. The second kappa shape index (κ2) is 7.16. The van der Waals surface area contributed by atoms with Gasteiger partial charge >= 0.3 is 0 Å².